The SMILES string of the molecule is CC(C)CNC[C@H]1CN(CCOCCCC(C)(C)C)CCO1. The molecule has 0 aromatic heterocycles. The molecule has 1 atom stereocenters. The van der Waals surface area contributed by atoms with Crippen molar-refractivity contribution in [1.29, 1.82) is 0 Å². The third kappa shape index (κ3) is 10.5. The van der Waals surface area contributed by atoms with Crippen LogP contribution in [0, 0.1) is 11.3 Å². The summed E-state index contributed by atoms with van der Waals surface area (Å²) < 4.78 is 11.6. The summed E-state index contributed by atoms with van der Waals surface area (Å²) in [7, 11) is 0. The number of morpholine rings is 1. The van der Waals surface area contributed by atoms with Gasteiger partial charge in [-0.3, -0.25) is 4.90 Å². The molecule has 0 aromatic rings. The van der Waals surface area contributed by atoms with E-state index in [1.165, 1.54) is 6.42 Å². The van der Waals surface area contributed by atoms with E-state index in [0.717, 1.165) is 59.0 Å². The van der Waals surface area contributed by atoms with Gasteiger partial charge < -0.3 is 14.8 Å². The third-order valence-electron chi connectivity index (χ3n) is 3.91. The molecule has 1 heterocycles. The summed E-state index contributed by atoms with van der Waals surface area (Å²) in [4.78, 5) is 2.47. The van der Waals surface area contributed by atoms with Crippen LogP contribution in [0.2, 0.25) is 0 Å². The standard InChI is InChI=1S/C18H38N2O2/c1-16(2)13-19-14-17-15-20(9-12-22-17)8-11-21-10-6-7-18(3,4)5/h16-17,19H,6-15H2,1-5H3/t17-/m0/s1. The topological polar surface area (TPSA) is 33.7 Å². The number of nitrogens with zero attached hydrogens (tertiary/aromatic N) is 1. The molecule has 1 fully saturated rings. The molecule has 22 heavy (non-hydrogen) atoms. The second-order valence-electron chi connectivity index (χ2n) is 8.12. The monoisotopic (exact) mass is 314 g/mol. The molecule has 1 aliphatic heterocycles. The molecule has 1 saturated heterocycles. The smallest absolute Gasteiger partial charge is 0.0826 e. The third-order valence-corrected chi connectivity index (χ3v) is 3.91. The summed E-state index contributed by atoms with van der Waals surface area (Å²) in [6, 6.07) is 0. The largest absolute Gasteiger partial charge is 0.380 e. The van der Waals surface area contributed by atoms with Gasteiger partial charge >= 0.3 is 0 Å². The van der Waals surface area contributed by atoms with Crippen LogP contribution in [0.5, 0.6) is 0 Å². The Hall–Kier alpha value is -0.160. The van der Waals surface area contributed by atoms with Crippen LogP contribution < -0.4 is 5.32 Å². The Morgan fingerprint density at radius 1 is 1.27 bits per heavy atom. The second-order valence-corrected chi connectivity index (χ2v) is 8.12. The molecule has 1 N–H and O–H groups in total. The lowest BCUT2D eigenvalue weighted by molar-refractivity contribution is -0.0352. The van der Waals surface area contributed by atoms with E-state index in [2.05, 4.69) is 44.8 Å². The highest BCUT2D eigenvalue weighted by atomic mass is 16.5. The Morgan fingerprint density at radius 2 is 2.05 bits per heavy atom. The molecule has 0 amide bonds. The molecule has 0 aliphatic carbocycles. The number of rotatable bonds is 10. The molecule has 4 heteroatoms. The molecular formula is C18H38N2O2. The van der Waals surface area contributed by atoms with E-state index in [1.807, 2.05) is 0 Å². The van der Waals surface area contributed by atoms with Crippen LogP contribution in [-0.4, -0.2) is 63.5 Å². The van der Waals surface area contributed by atoms with Gasteiger partial charge in [-0.05, 0) is 30.7 Å². The van der Waals surface area contributed by atoms with Crippen molar-refractivity contribution in [2.24, 2.45) is 11.3 Å². The average molecular weight is 315 g/mol. The van der Waals surface area contributed by atoms with Crippen molar-refractivity contribution in [1.82, 2.24) is 10.2 Å². The van der Waals surface area contributed by atoms with E-state index in [4.69, 9.17) is 9.47 Å². The highest BCUT2D eigenvalue weighted by Gasteiger charge is 2.19. The van der Waals surface area contributed by atoms with Gasteiger partial charge in [0.1, 0.15) is 0 Å². The summed E-state index contributed by atoms with van der Waals surface area (Å²) >= 11 is 0. The van der Waals surface area contributed by atoms with E-state index in [1.54, 1.807) is 0 Å². The fourth-order valence-electron chi connectivity index (χ4n) is 2.64. The van der Waals surface area contributed by atoms with Crippen molar-refractivity contribution < 1.29 is 9.47 Å². The Bertz CT molecular complexity index is 277. The van der Waals surface area contributed by atoms with Gasteiger partial charge in [-0.1, -0.05) is 34.6 Å². The fourth-order valence-corrected chi connectivity index (χ4v) is 2.64. The van der Waals surface area contributed by atoms with E-state index >= 15 is 0 Å². The van der Waals surface area contributed by atoms with Crippen LogP contribution in [0.15, 0.2) is 0 Å². The van der Waals surface area contributed by atoms with Crippen LogP contribution in [-0.2, 0) is 9.47 Å². The van der Waals surface area contributed by atoms with Crippen molar-refractivity contribution in [3.8, 4) is 0 Å². The molecule has 0 spiro atoms. The first-order valence-corrected chi connectivity index (χ1v) is 8.99. The van der Waals surface area contributed by atoms with E-state index in [0.29, 0.717) is 17.4 Å². The normalized spacial score (nSPS) is 20.7. The van der Waals surface area contributed by atoms with Crippen LogP contribution in [0.1, 0.15) is 47.5 Å². The lowest BCUT2D eigenvalue weighted by Crippen LogP contribution is -2.47. The molecule has 4 nitrogen and oxygen atoms in total. The van der Waals surface area contributed by atoms with Crippen molar-refractivity contribution in [2.45, 2.75) is 53.6 Å². The molecular weight excluding hydrogens is 276 g/mol. The minimum Gasteiger partial charge on any atom is -0.380 e. The molecule has 0 unspecified atom stereocenters. The summed E-state index contributed by atoms with van der Waals surface area (Å²) in [5, 5.41) is 3.49. The summed E-state index contributed by atoms with van der Waals surface area (Å²) in [6.45, 7) is 19.0. The zero-order valence-electron chi connectivity index (χ0n) is 15.5. The van der Waals surface area contributed by atoms with Crippen LogP contribution in [0.25, 0.3) is 0 Å². The fraction of sp³-hybridized carbons (Fsp3) is 1.00. The molecule has 0 aromatic carbocycles. The van der Waals surface area contributed by atoms with Gasteiger partial charge in [0.05, 0.1) is 19.3 Å². The number of hydrogen-bond donors (Lipinski definition) is 1. The van der Waals surface area contributed by atoms with Crippen molar-refractivity contribution in [3.63, 3.8) is 0 Å². The van der Waals surface area contributed by atoms with Gasteiger partial charge in [-0.2, -0.15) is 0 Å². The molecule has 1 rings (SSSR count). The summed E-state index contributed by atoms with van der Waals surface area (Å²) in [5.74, 6) is 0.696. The molecule has 1 aliphatic rings. The zero-order chi connectivity index (χ0) is 16.4. The maximum atomic E-state index is 5.83. The maximum Gasteiger partial charge on any atom is 0.0826 e. The zero-order valence-corrected chi connectivity index (χ0v) is 15.5. The van der Waals surface area contributed by atoms with E-state index in [9.17, 15) is 0 Å². The molecule has 0 bridgehead atoms. The van der Waals surface area contributed by atoms with Gasteiger partial charge in [-0.25, -0.2) is 0 Å². The van der Waals surface area contributed by atoms with Gasteiger partial charge in [0.25, 0.3) is 0 Å². The Kier molecular flexibility index (Phi) is 9.57. The van der Waals surface area contributed by atoms with Crippen LogP contribution in [0.4, 0.5) is 0 Å². The molecule has 132 valence electrons. The first kappa shape index (κ1) is 19.9. The summed E-state index contributed by atoms with van der Waals surface area (Å²) in [6.07, 6.45) is 2.72. The highest BCUT2D eigenvalue weighted by molar-refractivity contribution is 4.73. The highest BCUT2D eigenvalue weighted by Crippen LogP contribution is 2.20. The van der Waals surface area contributed by atoms with Crippen molar-refractivity contribution in [3.05, 3.63) is 0 Å². The number of ether oxygens (including phenoxy) is 2. The van der Waals surface area contributed by atoms with Gasteiger partial charge in [0.2, 0.25) is 0 Å². The minimum atomic E-state index is 0.327. The lowest BCUT2D eigenvalue weighted by atomic mass is 9.91. The molecule has 0 radical (unpaired) electrons. The van der Waals surface area contributed by atoms with Crippen LogP contribution in [0.3, 0.4) is 0 Å². The average Bonchev–Trinajstić information content (AvgIpc) is 2.41. The Balaban J connectivity index is 2.03. The first-order valence-electron chi connectivity index (χ1n) is 8.99. The Morgan fingerprint density at radius 3 is 2.73 bits per heavy atom. The van der Waals surface area contributed by atoms with Crippen LogP contribution >= 0.6 is 0 Å². The van der Waals surface area contributed by atoms with Gasteiger partial charge in [0, 0.05) is 32.8 Å². The minimum absolute atomic E-state index is 0.327. The maximum absolute atomic E-state index is 5.83. The Labute approximate surface area is 137 Å². The number of nitrogens with one attached hydrogen (secondary N) is 1. The summed E-state index contributed by atoms with van der Waals surface area (Å²) in [5.41, 5.74) is 0.420. The van der Waals surface area contributed by atoms with Gasteiger partial charge in [-0.15, -0.1) is 0 Å². The lowest BCUT2D eigenvalue weighted by Gasteiger charge is -2.33. The van der Waals surface area contributed by atoms with Crippen molar-refractivity contribution >= 4 is 0 Å². The van der Waals surface area contributed by atoms with E-state index < -0.39 is 0 Å². The predicted molar refractivity (Wildman–Crippen MR) is 93.4 cm³/mol. The van der Waals surface area contributed by atoms with E-state index in [-0.39, 0.29) is 0 Å². The van der Waals surface area contributed by atoms with Crippen molar-refractivity contribution in [2.75, 3.05) is 52.5 Å². The van der Waals surface area contributed by atoms with Gasteiger partial charge in [0.15, 0.2) is 0 Å². The number of hydrogen-bond acceptors (Lipinski definition) is 4. The first-order chi connectivity index (χ1) is 10.4. The molecule has 0 saturated carbocycles. The second kappa shape index (κ2) is 10.6. The quantitative estimate of drug-likeness (QED) is 0.629. The predicted octanol–water partition coefficient (Wildman–Crippen LogP) is 2.78.